The van der Waals surface area contributed by atoms with Gasteiger partial charge < -0.3 is 0 Å². The van der Waals surface area contributed by atoms with Gasteiger partial charge in [0, 0.05) is 9.89 Å². The topological polar surface area (TPSA) is 34.1 Å². The highest BCUT2D eigenvalue weighted by atomic mass is 79.9. The molecule has 5 heteroatoms. The van der Waals surface area contributed by atoms with Gasteiger partial charge >= 0.3 is 0 Å². The highest BCUT2D eigenvalue weighted by molar-refractivity contribution is 9.14. The highest BCUT2D eigenvalue weighted by Crippen LogP contribution is 2.32. The van der Waals surface area contributed by atoms with Crippen molar-refractivity contribution in [2.75, 3.05) is 0 Å². The Balaban J connectivity index is 3.17. The second-order valence-electron chi connectivity index (χ2n) is 1.57. The maximum absolute atomic E-state index is 10.9. The van der Waals surface area contributed by atoms with E-state index in [0.717, 1.165) is 0 Å². The van der Waals surface area contributed by atoms with E-state index in [4.69, 9.17) is 0 Å². The second kappa shape index (κ2) is 3.11. The summed E-state index contributed by atoms with van der Waals surface area (Å²) in [5, 5.41) is 1.47. The van der Waals surface area contributed by atoms with Gasteiger partial charge in [0.1, 0.15) is 0 Å². The van der Waals surface area contributed by atoms with Gasteiger partial charge in [0.05, 0.1) is 20.2 Å². The van der Waals surface area contributed by atoms with Gasteiger partial charge in [-0.1, -0.05) is 0 Å². The first-order chi connectivity index (χ1) is 4.66. The summed E-state index contributed by atoms with van der Waals surface area (Å²) in [7, 11) is -1.17. The summed E-state index contributed by atoms with van der Waals surface area (Å²) in [6, 6.07) is 0. The van der Waals surface area contributed by atoms with Gasteiger partial charge in [0.2, 0.25) is 0 Å². The zero-order valence-electron chi connectivity index (χ0n) is 4.64. The van der Waals surface area contributed by atoms with Crippen molar-refractivity contribution in [1.82, 2.24) is 0 Å². The van der Waals surface area contributed by atoms with E-state index in [1.807, 2.05) is 0 Å². The van der Waals surface area contributed by atoms with Crippen LogP contribution >= 0.6 is 31.9 Å². The zero-order valence-corrected chi connectivity index (χ0v) is 8.62. The van der Waals surface area contributed by atoms with E-state index in [1.54, 1.807) is 0 Å². The molecule has 0 saturated carbocycles. The molecule has 2 nitrogen and oxygen atoms in total. The van der Waals surface area contributed by atoms with Gasteiger partial charge in [0.25, 0.3) is 0 Å². The van der Waals surface area contributed by atoms with Crippen molar-refractivity contribution in [1.29, 1.82) is 0 Å². The maximum atomic E-state index is 10.9. The molecule has 0 radical (unpaired) electrons. The average molecular weight is 286 g/mol. The van der Waals surface area contributed by atoms with Crippen molar-refractivity contribution in [3.63, 3.8) is 0 Å². The monoisotopic (exact) mass is 284 g/mol. The Morgan fingerprint density at radius 2 is 2.10 bits per heavy atom. The summed E-state index contributed by atoms with van der Waals surface area (Å²) in [6.07, 6.45) is 0.662. The lowest BCUT2D eigenvalue weighted by Gasteiger charge is -1.87. The van der Waals surface area contributed by atoms with Gasteiger partial charge in [-0.05, 0) is 31.9 Å². The quantitative estimate of drug-likeness (QED) is 0.689. The Morgan fingerprint density at radius 1 is 1.50 bits per heavy atom. The molecule has 10 heavy (non-hydrogen) atoms. The zero-order chi connectivity index (χ0) is 7.72. The third kappa shape index (κ3) is 1.31. The molecule has 0 aromatic rings. The van der Waals surface area contributed by atoms with Crippen LogP contribution in [-0.2, 0) is 15.6 Å². The van der Waals surface area contributed by atoms with E-state index in [-0.39, 0.29) is 0 Å². The average Bonchev–Trinajstić information content (AvgIpc) is 2.09. The van der Waals surface area contributed by atoms with Crippen LogP contribution in [0.4, 0.5) is 0 Å². The molecule has 0 aromatic heterocycles. The van der Waals surface area contributed by atoms with E-state index < -0.39 is 10.8 Å². The Labute approximate surface area is 77.1 Å². The normalized spacial score (nSPS) is 25.0. The number of hydrogen-bond donors (Lipinski definition) is 0. The molecule has 0 N–H and O–H groups in total. The van der Waals surface area contributed by atoms with E-state index in [9.17, 15) is 9.00 Å². The minimum absolute atomic E-state index is 0.429. The van der Waals surface area contributed by atoms with Crippen LogP contribution in [0.3, 0.4) is 0 Å². The number of rotatable bonds is 1. The van der Waals surface area contributed by atoms with Crippen LogP contribution in [-0.4, -0.2) is 10.5 Å². The molecule has 1 rings (SSSR count). The Morgan fingerprint density at radius 3 is 2.30 bits per heavy atom. The molecule has 1 heterocycles. The first-order valence-electron chi connectivity index (χ1n) is 2.30. The van der Waals surface area contributed by atoms with Crippen molar-refractivity contribution >= 4 is 48.9 Å². The van der Waals surface area contributed by atoms with Crippen LogP contribution < -0.4 is 0 Å². The molecule has 0 amide bonds. The maximum Gasteiger partial charge on any atom is 0.152 e. The number of hydrogen-bond acceptors (Lipinski definition) is 2. The number of aldehydes is 1. The number of carbonyl (C=O) groups excluding carboxylic acids is 1. The van der Waals surface area contributed by atoms with Gasteiger partial charge in [-0.3, -0.25) is 4.79 Å². The van der Waals surface area contributed by atoms with Crippen LogP contribution in [0.5, 0.6) is 0 Å². The van der Waals surface area contributed by atoms with E-state index in [2.05, 4.69) is 31.9 Å². The summed E-state index contributed by atoms with van der Waals surface area (Å²) < 4.78 is 11.9. The third-order valence-corrected chi connectivity index (χ3v) is 4.34. The van der Waals surface area contributed by atoms with Gasteiger partial charge in [-0.2, -0.15) is 0 Å². The van der Waals surface area contributed by atoms with Crippen molar-refractivity contribution < 1.29 is 9.00 Å². The SMILES string of the molecule is O=CC1=C(Br)S(=O)C=C1Br. The molecule has 0 aliphatic carbocycles. The predicted molar refractivity (Wildman–Crippen MR) is 47.2 cm³/mol. The summed E-state index contributed by atoms with van der Waals surface area (Å²) in [5.74, 6) is 0. The summed E-state index contributed by atoms with van der Waals surface area (Å²) in [5.41, 5.74) is 0.429. The number of allylic oxidation sites excluding steroid dienone is 2. The van der Waals surface area contributed by atoms with Crippen LogP contribution in [0.1, 0.15) is 0 Å². The summed E-state index contributed by atoms with van der Waals surface area (Å²) in [6.45, 7) is 0. The first-order valence-corrected chi connectivity index (χ1v) is 5.10. The molecule has 1 atom stereocenters. The van der Waals surface area contributed by atoms with Crippen molar-refractivity contribution in [3.05, 3.63) is 19.3 Å². The van der Waals surface area contributed by atoms with Crippen LogP contribution in [0.25, 0.3) is 0 Å². The molecule has 1 aliphatic heterocycles. The van der Waals surface area contributed by atoms with E-state index >= 15 is 0 Å². The van der Waals surface area contributed by atoms with Crippen molar-refractivity contribution in [3.8, 4) is 0 Å². The lowest BCUT2D eigenvalue weighted by atomic mass is 10.3. The van der Waals surface area contributed by atoms with Crippen LogP contribution in [0.2, 0.25) is 0 Å². The number of halogens is 2. The summed E-state index contributed by atoms with van der Waals surface area (Å²) in [4.78, 5) is 10.3. The lowest BCUT2D eigenvalue weighted by Crippen LogP contribution is -1.82. The summed E-state index contributed by atoms with van der Waals surface area (Å²) >= 11 is 6.13. The van der Waals surface area contributed by atoms with E-state index in [0.29, 0.717) is 20.2 Å². The minimum Gasteiger partial charge on any atom is -0.298 e. The van der Waals surface area contributed by atoms with Crippen LogP contribution in [0, 0.1) is 0 Å². The van der Waals surface area contributed by atoms with E-state index in [1.165, 1.54) is 5.41 Å². The standard InChI is InChI=1S/C5H2Br2O2S/c6-4-2-10(9)5(7)3(4)1-8/h1-2H. The van der Waals surface area contributed by atoms with Gasteiger partial charge in [-0.25, -0.2) is 4.21 Å². The molecule has 1 unspecified atom stereocenters. The smallest absolute Gasteiger partial charge is 0.152 e. The number of carbonyl (C=O) groups is 1. The molecule has 54 valence electrons. The second-order valence-corrected chi connectivity index (χ2v) is 4.98. The fraction of sp³-hybridized carbons (Fsp3) is 0. The van der Waals surface area contributed by atoms with Crippen molar-refractivity contribution in [2.45, 2.75) is 0 Å². The third-order valence-electron chi connectivity index (χ3n) is 0.974. The molecular weight excluding hydrogens is 284 g/mol. The Bertz CT molecular complexity index is 267. The molecule has 0 fully saturated rings. The molecule has 0 aromatic carbocycles. The fourth-order valence-corrected chi connectivity index (χ4v) is 3.09. The van der Waals surface area contributed by atoms with Crippen LogP contribution in [0.15, 0.2) is 19.3 Å². The minimum atomic E-state index is -1.17. The van der Waals surface area contributed by atoms with Crippen molar-refractivity contribution in [2.24, 2.45) is 0 Å². The molecule has 0 bridgehead atoms. The first kappa shape index (κ1) is 8.36. The molecular formula is C5H2Br2O2S. The Hall–Kier alpha value is 0.260. The largest absolute Gasteiger partial charge is 0.298 e. The molecule has 0 spiro atoms. The van der Waals surface area contributed by atoms with Gasteiger partial charge in [-0.15, -0.1) is 0 Å². The molecule has 1 aliphatic rings. The highest BCUT2D eigenvalue weighted by Gasteiger charge is 2.18. The Kier molecular flexibility index (Phi) is 2.60. The lowest BCUT2D eigenvalue weighted by molar-refractivity contribution is -0.104. The van der Waals surface area contributed by atoms with Gasteiger partial charge in [0.15, 0.2) is 6.29 Å². The predicted octanol–water partition coefficient (Wildman–Crippen LogP) is 1.79. The fourth-order valence-electron chi connectivity index (χ4n) is 0.514. The molecule has 0 saturated heterocycles.